The highest BCUT2D eigenvalue weighted by Crippen LogP contribution is 2.33. The van der Waals surface area contributed by atoms with Gasteiger partial charge in [0.05, 0.1) is 44.5 Å². The average molecular weight is 395 g/mol. The molecule has 0 spiro atoms. The summed E-state index contributed by atoms with van der Waals surface area (Å²) in [5.74, 6) is -0.633. The predicted molar refractivity (Wildman–Crippen MR) is 89.0 cm³/mol. The summed E-state index contributed by atoms with van der Waals surface area (Å²) in [6.45, 7) is -0.879. The summed E-state index contributed by atoms with van der Waals surface area (Å²) in [5.41, 5.74) is 0. The summed E-state index contributed by atoms with van der Waals surface area (Å²) in [6.07, 6.45) is -1.37. The first kappa shape index (κ1) is 19.9. The van der Waals surface area contributed by atoms with Crippen LogP contribution in [-0.4, -0.2) is 82.4 Å². The minimum atomic E-state index is -4.23. The van der Waals surface area contributed by atoms with E-state index < -0.39 is 50.1 Å². The normalized spacial score (nSPS) is 22.9. The van der Waals surface area contributed by atoms with E-state index in [9.17, 15) is 27.0 Å². The standard InChI is InChI=1S/C14H21NO8S2/c1-22-10-3-4-14(13(7-10)23-2)25(20,21)15(5-6-16)11-8-24(18,19)9-12(11)17/h3-4,7,11-12,16-17H,5-6,8-9H2,1-2H3/t11-,12-/m0/s1. The lowest BCUT2D eigenvalue weighted by Crippen LogP contribution is -2.47. The molecule has 1 aromatic carbocycles. The molecule has 0 bridgehead atoms. The Hall–Kier alpha value is -1.40. The summed E-state index contributed by atoms with van der Waals surface area (Å²) in [5, 5.41) is 19.3. The topological polar surface area (TPSA) is 130 Å². The van der Waals surface area contributed by atoms with Gasteiger partial charge in [-0.05, 0) is 12.1 Å². The van der Waals surface area contributed by atoms with Crippen LogP contribution in [0.4, 0.5) is 0 Å². The number of hydrogen-bond acceptors (Lipinski definition) is 8. The minimum absolute atomic E-state index is 0.0117. The van der Waals surface area contributed by atoms with Crippen molar-refractivity contribution in [3.63, 3.8) is 0 Å². The van der Waals surface area contributed by atoms with Crippen LogP contribution in [0.25, 0.3) is 0 Å². The molecule has 1 aliphatic heterocycles. The number of methoxy groups -OCH3 is 2. The molecule has 0 amide bonds. The third-order valence-corrected chi connectivity index (χ3v) is 7.60. The maximum absolute atomic E-state index is 13.0. The minimum Gasteiger partial charge on any atom is -0.497 e. The Morgan fingerprint density at radius 1 is 1.24 bits per heavy atom. The van der Waals surface area contributed by atoms with Crippen LogP contribution in [0, 0.1) is 0 Å². The largest absolute Gasteiger partial charge is 0.497 e. The van der Waals surface area contributed by atoms with Gasteiger partial charge in [0.15, 0.2) is 9.84 Å². The monoisotopic (exact) mass is 395 g/mol. The molecule has 1 heterocycles. The van der Waals surface area contributed by atoms with Gasteiger partial charge in [-0.1, -0.05) is 0 Å². The number of nitrogens with zero attached hydrogens (tertiary/aromatic N) is 1. The van der Waals surface area contributed by atoms with Crippen LogP contribution in [0.1, 0.15) is 0 Å². The van der Waals surface area contributed by atoms with Crippen molar-refractivity contribution < 1.29 is 36.5 Å². The molecule has 0 unspecified atom stereocenters. The van der Waals surface area contributed by atoms with Crippen LogP contribution < -0.4 is 9.47 Å². The number of benzene rings is 1. The van der Waals surface area contributed by atoms with Crippen LogP contribution in [0.15, 0.2) is 23.1 Å². The van der Waals surface area contributed by atoms with E-state index in [0.717, 1.165) is 4.31 Å². The quantitative estimate of drug-likeness (QED) is 0.591. The molecule has 0 radical (unpaired) electrons. The molecular formula is C14H21NO8S2. The third-order valence-electron chi connectivity index (χ3n) is 3.94. The van der Waals surface area contributed by atoms with Gasteiger partial charge in [0, 0.05) is 12.6 Å². The summed E-state index contributed by atoms with van der Waals surface area (Å²) in [4.78, 5) is -0.208. The van der Waals surface area contributed by atoms with Gasteiger partial charge in [-0.3, -0.25) is 0 Å². The van der Waals surface area contributed by atoms with Gasteiger partial charge in [-0.25, -0.2) is 16.8 Å². The molecule has 1 aliphatic rings. The van der Waals surface area contributed by atoms with E-state index in [4.69, 9.17) is 9.47 Å². The zero-order valence-corrected chi connectivity index (χ0v) is 15.5. The number of hydrogen-bond donors (Lipinski definition) is 2. The fourth-order valence-corrected chi connectivity index (χ4v) is 6.44. The number of aliphatic hydroxyl groups is 2. The van der Waals surface area contributed by atoms with E-state index in [1.165, 1.54) is 32.4 Å². The molecule has 9 nitrogen and oxygen atoms in total. The Morgan fingerprint density at radius 2 is 1.92 bits per heavy atom. The first-order chi connectivity index (χ1) is 11.7. The molecule has 25 heavy (non-hydrogen) atoms. The molecule has 0 aromatic heterocycles. The van der Waals surface area contributed by atoms with Gasteiger partial charge in [-0.15, -0.1) is 0 Å². The van der Waals surface area contributed by atoms with E-state index in [0.29, 0.717) is 5.75 Å². The zero-order valence-electron chi connectivity index (χ0n) is 13.8. The van der Waals surface area contributed by atoms with Gasteiger partial charge in [0.2, 0.25) is 10.0 Å². The van der Waals surface area contributed by atoms with Crippen molar-refractivity contribution in [3.8, 4) is 11.5 Å². The Morgan fingerprint density at radius 3 is 2.40 bits per heavy atom. The van der Waals surface area contributed by atoms with E-state index in [1.807, 2.05) is 0 Å². The van der Waals surface area contributed by atoms with Crippen molar-refractivity contribution in [1.29, 1.82) is 0 Å². The molecule has 2 atom stereocenters. The van der Waals surface area contributed by atoms with Crippen LogP contribution in [-0.2, 0) is 19.9 Å². The van der Waals surface area contributed by atoms with Crippen molar-refractivity contribution >= 4 is 19.9 Å². The molecule has 2 rings (SSSR count). The number of rotatable bonds is 7. The molecule has 142 valence electrons. The highest BCUT2D eigenvalue weighted by atomic mass is 32.2. The SMILES string of the molecule is COc1ccc(S(=O)(=O)N(CCO)[C@H]2CS(=O)(=O)C[C@@H]2O)c(OC)c1. The number of sulfone groups is 1. The fourth-order valence-electron chi connectivity index (χ4n) is 2.76. The van der Waals surface area contributed by atoms with Gasteiger partial charge in [-0.2, -0.15) is 4.31 Å². The number of aliphatic hydroxyl groups excluding tert-OH is 2. The molecule has 2 N–H and O–H groups in total. The maximum Gasteiger partial charge on any atom is 0.247 e. The Labute approximate surface area is 146 Å². The lowest BCUT2D eigenvalue weighted by molar-refractivity contribution is 0.117. The molecule has 1 saturated heterocycles. The second-order valence-corrected chi connectivity index (χ2v) is 9.58. The van der Waals surface area contributed by atoms with Crippen LogP contribution in [0.5, 0.6) is 11.5 Å². The number of sulfonamides is 1. The second kappa shape index (κ2) is 7.46. The summed E-state index contributed by atoms with van der Waals surface area (Å²) in [7, 11) is -5.09. The molecule has 0 saturated carbocycles. The lowest BCUT2D eigenvalue weighted by atomic mass is 10.2. The smallest absolute Gasteiger partial charge is 0.247 e. The summed E-state index contributed by atoms with van der Waals surface area (Å²) in [6, 6.07) is 2.90. The maximum atomic E-state index is 13.0. The highest BCUT2D eigenvalue weighted by Gasteiger charge is 2.45. The molecule has 11 heteroatoms. The van der Waals surface area contributed by atoms with Crippen molar-refractivity contribution in [1.82, 2.24) is 4.31 Å². The van der Waals surface area contributed by atoms with Crippen LogP contribution >= 0.6 is 0 Å². The Bertz CT molecular complexity index is 821. The molecule has 1 aromatic rings. The second-order valence-electron chi connectivity index (χ2n) is 5.57. The van der Waals surface area contributed by atoms with Gasteiger partial charge in [0.25, 0.3) is 0 Å². The van der Waals surface area contributed by atoms with E-state index >= 15 is 0 Å². The average Bonchev–Trinajstić information content (AvgIpc) is 2.83. The van der Waals surface area contributed by atoms with Gasteiger partial charge >= 0.3 is 0 Å². The highest BCUT2D eigenvalue weighted by molar-refractivity contribution is 7.92. The van der Waals surface area contributed by atoms with Crippen LogP contribution in [0.2, 0.25) is 0 Å². The van der Waals surface area contributed by atoms with Crippen molar-refractivity contribution in [2.75, 3.05) is 38.9 Å². The van der Waals surface area contributed by atoms with E-state index in [-0.39, 0.29) is 17.2 Å². The summed E-state index contributed by atoms with van der Waals surface area (Å²) < 4.78 is 60.5. The van der Waals surface area contributed by atoms with Crippen molar-refractivity contribution in [2.45, 2.75) is 17.0 Å². The first-order valence-electron chi connectivity index (χ1n) is 7.39. The molecule has 0 aliphatic carbocycles. The lowest BCUT2D eigenvalue weighted by Gasteiger charge is -2.29. The first-order valence-corrected chi connectivity index (χ1v) is 10.7. The summed E-state index contributed by atoms with van der Waals surface area (Å²) >= 11 is 0. The van der Waals surface area contributed by atoms with E-state index in [2.05, 4.69) is 0 Å². The van der Waals surface area contributed by atoms with Gasteiger partial charge in [0.1, 0.15) is 16.4 Å². The Kier molecular flexibility index (Phi) is 5.94. The van der Waals surface area contributed by atoms with Crippen molar-refractivity contribution in [3.05, 3.63) is 18.2 Å². The third kappa shape index (κ3) is 4.06. The van der Waals surface area contributed by atoms with Gasteiger partial charge < -0.3 is 19.7 Å². The predicted octanol–water partition coefficient (Wildman–Crippen LogP) is -1.16. The zero-order chi connectivity index (χ0) is 18.8. The number of ether oxygens (including phenoxy) is 2. The molecule has 1 fully saturated rings. The van der Waals surface area contributed by atoms with Crippen LogP contribution in [0.3, 0.4) is 0 Å². The van der Waals surface area contributed by atoms with Crippen molar-refractivity contribution in [2.24, 2.45) is 0 Å². The molecular weight excluding hydrogens is 374 g/mol. The van der Waals surface area contributed by atoms with E-state index in [1.54, 1.807) is 0 Å². The fraction of sp³-hybridized carbons (Fsp3) is 0.571. The Balaban J connectivity index is 2.50.